The highest BCUT2D eigenvalue weighted by atomic mass is 16.5. The van der Waals surface area contributed by atoms with Crippen LogP contribution in [0, 0.1) is 0 Å². The van der Waals surface area contributed by atoms with Gasteiger partial charge in [-0.3, -0.25) is 5.84 Å². The van der Waals surface area contributed by atoms with Gasteiger partial charge in [-0.25, -0.2) is 10.2 Å². The number of methoxy groups -OCH3 is 1. The summed E-state index contributed by atoms with van der Waals surface area (Å²) in [7, 11) is 1.57. The fourth-order valence-corrected chi connectivity index (χ4v) is 0.937. The number of ether oxygens (including phenoxy) is 2. The molecule has 5 nitrogen and oxygen atoms in total. The first-order valence-electron chi connectivity index (χ1n) is 4.83. The van der Waals surface area contributed by atoms with Crippen LogP contribution >= 0.6 is 0 Å². The number of hydrogen-bond donors (Lipinski definition) is 2. The van der Waals surface area contributed by atoms with Crippen LogP contribution in [0.15, 0.2) is 24.3 Å². The highest BCUT2D eigenvalue weighted by Crippen LogP contribution is 2.18. The van der Waals surface area contributed by atoms with Crippen molar-refractivity contribution < 1.29 is 14.3 Å². The molecule has 0 aliphatic carbocycles. The maximum absolute atomic E-state index is 11.6. The van der Waals surface area contributed by atoms with Gasteiger partial charge in [0.25, 0.3) is 0 Å². The molecule has 0 spiro atoms. The van der Waals surface area contributed by atoms with Gasteiger partial charge in [0.05, 0.1) is 7.11 Å². The molecule has 0 aromatic heterocycles. The Morgan fingerprint density at radius 1 is 1.25 bits per heavy atom. The van der Waals surface area contributed by atoms with Gasteiger partial charge in [-0.1, -0.05) is 0 Å². The average Bonchev–Trinajstić information content (AvgIpc) is 2.30. The Kier molecular flexibility index (Phi) is 3.87. The molecule has 3 N–H and O–H groups in total. The van der Waals surface area contributed by atoms with Crippen molar-refractivity contribution in [2.75, 3.05) is 7.11 Å². The largest absolute Gasteiger partial charge is 0.497 e. The molecule has 0 aliphatic rings. The first-order valence-corrected chi connectivity index (χ1v) is 4.83. The standard InChI is InChI=1S/C11H16N2O3/c1-11(2,13-12)10(14)16-9-6-4-8(15-3)5-7-9/h4-7,13H,12H2,1-3H3. The first kappa shape index (κ1) is 12.5. The van der Waals surface area contributed by atoms with Crippen LogP contribution in [-0.4, -0.2) is 18.6 Å². The summed E-state index contributed by atoms with van der Waals surface area (Å²) < 4.78 is 10.1. The number of rotatable bonds is 4. The summed E-state index contributed by atoms with van der Waals surface area (Å²) in [4.78, 5) is 11.6. The van der Waals surface area contributed by atoms with E-state index in [1.807, 2.05) is 0 Å². The third kappa shape index (κ3) is 2.95. The molecule has 0 amide bonds. The van der Waals surface area contributed by atoms with Crippen molar-refractivity contribution in [3.63, 3.8) is 0 Å². The molecule has 16 heavy (non-hydrogen) atoms. The average molecular weight is 224 g/mol. The predicted molar refractivity (Wildman–Crippen MR) is 60.0 cm³/mol. The van der Waals surface area contributed by atoms with E-state index in [4.69, 9.17) is 15.3 Å². The fourth-order valence-electron chi connectivity index (χ4n) is 0.937. The van der Waals surface area contributed by atoms with Gasteiger partial charge in [-0.2, -0.15) is 0 Å². The van der Waals surface area contributed by atoms with Crippen LogP contribution in [-0.2, 0) is 4.79 Å². The summed E-state index contributed by atoms with van der Waals surface area (Å²) in [5.74, 6) is 5.95. The van der Waals surface area contributed by atoms with E-state index in [1.54, 1.807) is 45.2 Å². The van der Waals surface area contributed by atoms with Gasteiger partial charge in [0.15, 0.2) is 0 Å². The minimum absolute atomic E-state index is 0.444. The maximum Gasteiger partial charge on any atom is 0.332 e. The Balaban J connectivity index is 2.70. The molecule has 0 saturated carbocycles. The van der Waals surface area contributed by atoms with Gasteiger partial charge >= 0.3 is 5.97 Å². The molecule has 1 aromatic rings. The molecule has 0 heterocycles. The van der Waals surface area contributed by atoms with Crippen molar-refractivity contribution in [2.45, 2.75) is 19.4 Å². The molecule has 88 valence electrons. The lowest BCUT2D eigenvalue weighted by Gasteiger charge is -2.20. The highest BCUT2D eigenvalue weighted by molar-refractivity contribution is 5.81. The van der Waals surface area contributed by atoms with Crippen molar-refractivity contribution in [1.82, 2.24) is 5.43 Å². The van der Waals surface area contributed by atoms with Crippen LogP contribution in [0.2, 0.25) is 0 Å². The third-order valence-corrected chi connectivity index (χ3v) is 2.14. The summed E-state index contributed by atoms with van der Waals surface area (Å²) in [6, 6.07) is 6.74. The van der Waals surface area contributed by atoms with E-state index in [0.29, 0.717) is 11.5 Å². The van der Waals surface area contributed by atoms with Crippen molar-refractivity contribution in [2.24, 2.45) is 5.84 Å². The minimum atomic E-state index is -0.917. The normalized spacial score (nSPS) is 11.0. The van der Waals surface area contributed by atoms with Crippen molar-refractivity contribution >= 4 is 5.97 Å². The Hall–Kier alpha value is -1.59. The SMILES string of the molecule is COc1ccc(OC(=O)C(C)(C)NN)cc1. The molecule has 0 radical (unpaired) electrons. The van der Waals surface area contributed by atoms with Crippen molar-refractivity contribution in [1.29, 1.82) is 0 Å². The Morgan fingerprint density at radius 2 is 1.75 bits per heavy atom. The summed E-state index contributed by atoms with van der Waals surface area (Å²) in [6.07, 6.45) is 0. The predicted octanol–water partition coefficient (Wildman–Crippen LogP) is 0.842. The lowest BCUT2D eigenvalue weighted by molar-refractivity contribution is -0.140. The molecule has 0 saturated heterocycles. The van der Waals surface area contributed by atoms with Gasteiger partial charge in [-0.05, 0) is 38.1 Å². The van der Waals surface area contributed by atoms with Crippen LogP contribution in [0.1, 0.15) is 13.8 Å². The zero-order valence-electron chi connectivity index (χ0n) is 9.61. The Bertz CT molecular complexity index is 360. The van der Waals surface area contributed by atoms with Gasteiger partial charge in [0.1, 0.15) is 17.0 Å². The molecule has 5 heteroatoms. The molecule has 0 atom stereocenters. The van der Waals surface area contributed by atoms with E-state index in [-0.39, 0.29) is 0 Å². The van der Waals surface area contributed by atoms with Crippen molar-refractivity contribution in [3.8, 4) is 11.5 Å². The molecule has 0 bridgehead atoms. The lowest BCUT2D eigenvalue weighted by Crippen LogP contribution is -2.52. The topological polar surface area (TPSA) is 73.6 Å². The summed E-state index contributed by atoms with van der Waals surface area (Å²) in [6.45, 7) is 3.28. The maximum atomic E-state index is 11.6. The zero-order chi connectivity index (χ0) is 12.2. The number of hydrazine groups is 1. The number of carbonyl (C=O) groups is 1. The van der Waals surface area contributed by atoms with Gasteiger partial charge < -0.3 is 9.47 Å². The molecule has 0 aliphatic heterocycles. The fraction of sp³-hybridized carbons (Fsp3) is 0.364. The number of nitrogens with one attached hydrogen (secondary N) is 1. The Morgan fingerprint density at radius 3 is 2.19 bits per heavy atom. The van der Waals surface area contributed by atoms with Crippen molar-refractivity contribution in [3.05, 3.63) is 24.3 Å². The van der Waals surface area contributed by atoms with Crippen LogP contribution in [0.5, 0.6) is 11.5 Å². The second-order valence-corrected chi connectivity index (χ2v) is 3.83. The molecular formula is C11H16N2O3. The van der Waals surface area contributed by atoms with Crippen LogP contribution in [0.25, 0.3) is 0 Å². The minimum Gasteiger partial charge on any atom is -0.497 e. The number of benzene rings is 1. The van der Waals surface area contributed by atoms with Crippen LogP contribution in [0.3, 0.4) is 0 Å². The molecule has 0 fully saturated rings. The van der Waals surface area contributed by atoms with Gasteiger partial charge in [0, 0.05) is 0 Å². The zero-order valence-corrected chi connectivity index (χ0v) is 9.61. The second kappa shape index (κ2) is 4.96. The lowest BCUT2D eigenvalue weighted by atomic mass is 10.1. The van der Waals surface area contributed by atoms with Crippen LogP contribution < -0.4 is 20.7 Å². The summed E-state index contributed by atoms with van der Waals surface area (Å²) >= 11 is 0. The highest BCUT2D eigenvalue weighted by Gasteiger charge is 2.28. The number of nitrogens with two attached hydrogens (primary N) is 1. The first-order chi connectivity index (χ1) is 7.49. The molecular weight excluding hydrogens is 208 g/mol. The number of carbonyl (C=O) groups excluding carboxylic acids is 1. The van der Waals surface area contributed by atoms with E-state index < -0.39 is 11.5 Å². The third-order valence-electron chi connectivity index (χ3n) is 2.14. The molecule has 0 unspecified atom stereocenters. The van der Waals surface area contributed by atoms with Gasteiger partial charge in [0.2, 0.25) is 0 Å². The van der Waals surface area contributed by atoms with Gasteiger partial charge in [-0.15, -0.1) is 0 Å². The Labute approximate surface area is 94.5 Å². The number of hydrogen-bond acceptors (Lipinski definition) is 5. The molecule has 1 aromatic carbocycles. The summed E-state index contributed by atoms with van der Waals surface area (Å²) in [5, 5.41) is 0. The smallest absolute Gasteiger partial charge is 0.332 e. The van der Waals surface area contributed by atoms with E-state index in [0.717, 1.165) is 0 Å². The summed E-state index contributed by atoms with van der Waals surface area (Å²) in [5.41, 5.74) is 1.47. The van der Waals surface area contributed by atoms with E-state index in [1.165, 1.54) is 0 Å². The van der Waals surface area contributed by atoms with E-state index in [9.17, 15) is 4.79 Å². The quantitative estimate of drug-likeness (QED) is 0.343. The van der Waals surface area contributed by atoms with E-state index >= 15 is 0 Å². The number of esters is 1. The second-order valence-electron chi connectivity index (χ2n) is 3.83. The van der Waals surface area contributed by atoms with Crippen LogP contribution in [0.4, 0.5) is 0 Å². The monoisotopic (exact) mass is 224 g/mol. The van der Waals surface area contributed by atoms with E-state index in [2.05, 4.69) is 5.43 Å². The molecule has 1 rings (SSSR count).